The molecule has 0 saturated carbocycles. The fourth-order valence-electron chi connectivity index (χ4n) is 3.19. The van der Waals surface area contributed by atoms with Gasteiger partial charge in [0.1, 0.15) is 0 Å². The molecule has 0 spiro atoms. The molecule has 3 nitrogen and oxygen atoms in total. The maximum absolute atomic E-state index is 6.33. The van der Waals surface area contributed by atoms with Gasteiger partial charge in [-0.15, -0.1) is 0 Å². The summed E-state index contributed by atoms with van der Waals surface area (Å²) in [4.78, 5) is 2.44. The number of methoxy groups -OCH3 is 1. The Morgan fingerprint density at radius 3 is 2.80 bits per heavy atom. The molecule has 1 aliphatic rings. The molecule has 1 saturated heterocycles. The minimum atomic E-state index is 0.216. The Morgan fingerprint density at radius 1 is 1.20 bits per heavy atom. The number of hydrogen-bond acceptors (Lipinski definition) is 3. The van der Waals surface area contributed by atoms with Crippen molar-refractivity contribution in [3.63, 3.8) is 0 Å². The highest BCUT2D eigenvalue weighted by molar-refractivity contribution is 5.83. The molecular weight excluding hydrogens is 248 g/mol. The van der Waals surface area contributed by atoms with Crippen molar-refractivity contribution in [1.29, 1.82) is 0 Å². The molecule has 2 aromatic rings. The fourth-order valence-corrected chi connectivity index (χ4v) is 3.19. The lowest BCUT2D eigenvalue weighted by atomic mass is 9.97. The fraction of sp³-hybridized carbons (Fsp3) is 0.412. The lowest BCUT2D eigenvalue weighted by molar-refractivity contribution is 0.139. The Morgan fingerprint density at radius 2 is 2.00 bits per heavy atom. The molecule has 1 heterocycles. The summed E-state index contributed by atoms with van der Waals surface area (Å²) < 4.78 is 5.21. The Balaban J connectivity index is 1.91. The van der Waals surface area contributed by atoms with Crippen LogP contribution in [0.4, 0.5) is 0 Å². The first-order valence-electron chi connectivity index (χ1n) is 7.27. The van der Waals surface area contributed by atoms with Crippen LogP contribution >= 0.6 is 0 Å². The number of benzene rings is 2. The van der Waals surface area contributed by atoms with Gasteiger partial charge in [-0.3, -0.25) is 4.90 Å². The van der Waals surface area contributed by atoms with Crippen LogP contribution in [0.3, 0.4) is 0 Å². The van der Waals surface area contributed by atoms with Gasteiger partial charge in [0.15, 0.2) is 0 Å². The van der Waals surface area contributed by atoms with Crippen molar-refractivity contribution < 1.29 is 4.74 Å². The van der Waals surface area contributed by atoms with Crippen molar-refractivity contribution in [3.05, 3.63) is 48.0 Å². The number of fused-ring (bicyclic) bond motifs is 1. The highest BCUT2D eigenvalue weighted by Crippen LogP contribution is 2.32. The quantitative estimate of drug-likeness (QED) is 0.928. The second-order valence-electron chi connectivity index (χ2n) is 5.53. The van der Waals surface area contributed by atoms with Crippen molar-refractivity contribution in [2.24, 2.45) is 5.73 Å². The van der Waals surface area contributed by atoms with Gasteiger partial charge in [0.25, 0.3) is 0 Å². The lowest BCUT2D eigenvalue weighted by Gasteiger charge is -2.27. The molecule has 2 N–H and O–H groups in total. The molecule has 2 unspecified atom stereocenters. The van der Waals surface area contributed by atoms with Crippen molar-refractivity contribution in [1.82, 2.24) is 4.90 Å². The largest absolute Gasteiger partial charge is 0.383 e. The zero-order valence-corrected chi connectivity index (χ0v) is 12.0. The minimum Gasteiger partial charge on any atom is -0.383 e. The molecule has 106 valence electrons. The first-order valence-corrected chi connectivity index (χ1v) is 7.27. The minimum absolute atomic E-state index is 0.216. The van der Waals surface area contributed by atoms with Crippen molar-refractivity contribution in [3.8, 4) is 0 Å². The second kappa shape index (κ2) is 5.92. The summed E-state index contributed by atoms with van der Waals surface area (Å²) in [6.45, 7) is 2.76. The van der Waals surface area contributed by atoms with Gasteiger partial charge in [0.05, 0.1) is 12.6 Å². The summed E-state index contributed by atoms with van der Waals surface area (Å²) in [6, 6.07) is 15.7. The number of rotatable bonds is 4. The van der Waals surface area contributed by atoms with E-state index in [0.29, 0.717) is 6.04 Å². The van der Waals surface area contributed by atoms with E-state index in [1.165, 1.54) is 16.3 Å². The van der Waals surface area contributed by atoms with Crippen LogP contribution in [0.2, 0.25) is 0 Å². The molecule has 0 amide bonds. The van der Waals surface area contributed by atoms with Gasteiger partial charge in [-0.2, -0.15) is 0 Å². The molecule has 3 heteroatoms. The van der Waals surface area contributed by atoms with E-state index in [2.05, 4.69) is 47.4 Å². The molecule has 1 fully saturated rings. The van der Waals surface area contributed by atoms with Crippen LogP contribution in [-0.2, 0) is 4.74 Å². The number of nitrogens with zero attached hydrogens (tertiary/aromatic N) is 1. The zero-order valence-electron chi connectivity index (χ0n) is 12.0. The summed E-state index contributed by atoms with van der Waals surface area (Å²) in [5.74, 6) is 0. The summed E-state index contributed by atoms with van der Waals surface area (Å²) in [7, 11) is 1.75. The average Bonchev–Trinajstić information content (AvgIpc) is 2.85. The highest BCUT2D eigenvalue weighted by atomic mass is 16.5. The lowest BCUT2D eigenvalue weighted by Crippen LogP contribution is -2.33. The van der Waals surface area contributed by atoms with Gasteiger partial charge < -0.3 is 10.5 Å². The molecule has 2 atom stereocenters. The summed E-state index contributed by atoms with van der Waals surface area (Å²) >= 11 is 0. The first-order chi connectivity index (χ1) is 9.79. The van der Waals surface area contributed by atoms with Crippen molar-refractivity contribution in [2.45, 2.75) is 18.5 Å². The predicted octanol–water partition coefficient (Wildman–Crippen LogP) is 2.56. The highest BCUT2D eigenvalue weighted by Gasteiger charge is 2.32. The Labute approximate surface area is 120 Å². The monoisotopic (exact) mass is 270 g/mol. The molecule has 0 aromatic heterocycles. The normalized spacial score (nSPS) is 23.5. The molecule has 0 bridgehead atoms. The topological polar surface area (TPSA) is 38.5 Å². The number of nitrogens with two attached hydrogens (primary N) is 1. The van der Waals surface area contributed by atoms with Crippen LogP contribution in [0.25, 0.3) is 10.8 Å². The van der Waals surface area contributed by atoms with E-state index in [4.69, 9.17) is 10.5 Å². The summed E-state index contributed by atoms with van der Waals surface area (Å²) in [5, 5.41) is 2.57. The van der Waals surface area contributed by atoms with Gasteiger partial charge in [0.2, 0.25) is 0 Å². The molecular formula is C17H22N2O. The predicted molar refractivity (Wildman–Crippen MR) is 82.7 cm³/mol. The average molecular weight is 270 g/mol. The zero-order chi connectivity index (χ0) is 13.9. The van der Waals surface area contributed by atoms with E-state index in [0.717, 1.165) is 26.1 Å². The van der Waals surface area contributed by atoms with E-state index >= 15 is 0 Å². The SMILES string of the molecule is COCCN1CCC(N)C1c1ccc2ccccc2c1. The van der Waals surface area contributed by atoms with Crippen LogP contribution in [0.1, 0.15) is 18.0 Å². The molecule has 3 rings (SSSR count). The Kier molecular flexibility index (Phi) is 4.01. The maximum Gasteiger partial charge on any atom is 0.0589 e. The van der Waals surface area contributed by atoms with E-state index in [9.17, 15) is 0 Å². The van der Waals surface area contributed by atoms with E-state index < -0.39 is 0 Å². The van der Waals surface area contributed by atoms with Crippen LogP contribution in [0.5, 0.6) is 0 Å². The van der Waals surface area contributed by atoms with Crippen molar-refractivity contribution >= 4 is 10.8 Å². The number of ether oxygens (including phenoxy) is 1. The summed E-state index contributed by atoms with van der Waals surface area (Å²) in [5.41, 5.74) is 7.66. The van der Waals surface area contributed by atoms with E-state index in [1.54, 1.807) is 7.11 Å². The smallest absolute Gasteiger partial charge is 0.0589 e. The number of hydrogen-bond donors (Lipinski definition) is 1. The van der Waals surface area contributed by atoms with Gasteiger partial charge in [-0.1, -0.05) is 36.4 Å². The summed E-state index contributed by atoms with van der Waals surface area (Å²) in [6.07, 6.45) is 1.06. The van der Waals surface area contributed by atoms with Gasteiger partial charge in [-0.25, -0.2) is 0 Å². The third-order valence-corrected chi connectivity index (χ3v) is 4.25. The van der Waals surface area contributed by atoms with Crippen LogP contribution in [0.15, 0.2) is 42.5 Å². The standard InChI is InChI=1S/C17H22N2O/c1-20-11-10-19-9-8-16(18)17(19)15-7-6-13-4-2-3-5-14(13)12-15/h2-7,12,16-17H,8-11,18H2,1H3. The van der Waals surface area contributed by atoms with Crippen LogP contribution in [-0.4, -0.2) is 37.7 Å². The molecule has 0 radical (unpaired) electrons. The Hall–Kier alpha value is -1.42. The maximum atomic E-state index is 6.33. The van der Waals surface area contributed by atoms with E-state index in [-0.39, 0.29) is 6.04 Å². The number of likely N-dealkylation sites (tertiary alicyclic amines) is 1. The van der Waals surface area contributed by atoms with Crippen LogP contribution in [0, 0.1) is 0 Å². The molecule has 20 heavy (non-hydrogen) atoms. The van der Waals surface area contributed by atoms with Gasteiger partial charge >= 0.3 is 0 Å². The van der Waals surface area contributed by atoms with Crippen molar-refractivity contribution in [2.75, 3.05) is 26.8 Å². The third kappa shape index (κ3) is 2.57. The van der Waals surface area contributed by atoms with Crippen LogP contribution < -0.4 is 5.73 Å². The van der Waals surface area contributed by atoms with Gasteiger partial charge in [-0.05, 0) is 28.8 Å². The molecule has 0 aliphatic carbocycles. The van der Waals surface area contributed by atoms with Gasteiger partial charge in [0, 0.05) is 26.2 Å². The molecule has 2 aromatic carbocycles. The Bertz CT molecular complexity index is 584. The molecule has 1 aliphatic heterocycles. The third-order valence-electron chi connectivity index (χ3n) is 4.25. The first kappa shape index (κ1) is 13.6. The van der Waals surface area contributed by atoms with E-state index in [1.807, 2.05) is 0 Å². The second-order valence-corrected chi connectivity index (χ2v) is 5.53.